The van der Waals surface area contributed by atoms with Crippen LogP contribution in [0.25, 0.3) is 0 Å². The number of halogens is 2. The summed E-state index contributed by atoms with van der Waals surface area (Å²) >= 11 is 12.5. The van der Waals surface area contributed by atoms with Gasteiger partial charge in [-0.2, -0.15) is 0 Å². The average Bonchev–Trinajstić information content (AvgIpc) is 2.33. The summed E-state index contributed by atoms with van der Waals surface area (Å²) < 4.78 is 5.86. The van der Waals surface area contributed by atoms with Crippen LogP contribution in [-0.2, 0) is 11.3 Å². The normalized spacial score (nSPS) is 28.4. The van der Waals surface area contributed by atoms with Crippen LogP contribution in [0.4, 0.5) is 0 Å². The number of ether oxygens (including phenoxy) is 1. The molecule has 2 aliphatic heterocycles. The summed E-state index contributed by atoms with van der Waals surface area (Å²) in [6.07, 6.45) is 1.34. The van der Waals surface area contributed by atoms with Crippen LogP contribution in [-0.4, -0.2) is 19.2 Å². The van der Waals surface area contributed by atoms with Crippen molar-refractivity contribution < 1.29 is 4.74 Å². The minimum atomic E-state index is 0.296. The maximum atomic E-state index is 6.29. The molecule has 4 heteroatoms. The first-order valence-corrected chi connectivity index (χ1v) is 6.32. The Morgan fingerprint density at radius 1 is 1.25 bits per heavy atom. The fraction of sp³-hybridized carbons (Fsp3) is 0.500. The van der Waals surface area contributed by atoms with E-state index < -0.39 is 0 Å². The number of rotatable bonds is 0. The second kappa shape index (κ2) is 4.19. The van der Waals surface area contributed by atoms with Crippen LogP contribution < -0.4 is 5.32 Å². The van der Waals surface area contributed by atoms with E-state index in [1.165, 1.54) is 5.56 Å². The van der Waals surface area contributed by atoms with E-state index in [4.69, 9.17) is 27.9 Å². The Bertz CT molecular complexity index is 422. The molecule has 2 aliphatic rings. The molecule has 2 nitrogen and oxygen atoms in total. The number of benzene rings is 1. The molecule has 2 heterocycles. The van der Waals surface area contributed by atoms with E-state index in [2.05, 4.69) is 5.32 Å². The van der Waals surface area contributed by atoms with Gasteiger partial charge in [0, 0.05) is 28.1 Å². The van der Waals surface area contributed by atoms with Crippen molar-refractivity contribution in [2.45, 2.75) is 25.0 Å². The van der Waals surface area contributed by atoms with E-state index >= 15 is 0 Å². The van der Waals surface area contributed by atoms with E-state index in [-0.39, 0.29) is 0 Å². The first kappa shape index (κ1) is 10.8. The molecule has 0 spiro atoms. The van der Waals surface area contributed by atoms with Crippen LogP contribution in [0, 0.1) is 0 Å². The predicted octanol–water partition coefficient (Wildman–Crippen LogP) is 2.97. The van der Waals surface area contributed by atoms with Gasteiger partial charge >= 0.3 is 0 Å². The lowest BCUT2D eigenvalue weighted by Crippen LogP contribution is -2.42. The van der Waals surface area contributed by atoms with Crippen LogP contribution in [0.15, 0.2) is 12.1 Å². The Labute approximate surface area is 105 Å². The van der Waals surface area contributed by atoms with Crippen molar-refractivity contribution >= 4 is 23.2 Å². The third-order valence-electron chi connectivity index (χ3n) is 3.48. The lowest BCUT2D eigenvalue weighted by Gasteiger charge is -2.38. The number of fused-ring (bicyclic) bond motifs is 3. The Kier molecular flexibility index (Phi) is 2.84. The maximum Gasteiger partial charge on any atom is 0.0738 e. The largest absolute Gasteiger partial charge is 0.373 e. The fourth-order valence-electron chi connectivity index (χ4n) is 2.67. The molecule has 1 N–H and O–H groups in total. The second-order valence-corrected chi connectivity index (χ2v) is 5.18. The molecule has 1 aromatic carbocycles. The Morgan fingerprint density at radius 2 is 2.06 bits per heavy atom. The lowest BCUT2D eigenvalue weighted by atomic mass is 9.84. The molecule has 2 atom stereocenters. The van der Waals surface area contributed by atoms with Crippen molar-refractivity contribution in [3.05, 3.63) is 33.3 Å². The summed E-state index contributed by atoms with van der Waals surface area (Å²) in [4.78, 5) is 0. The summed E-state index contributed by atoms with van der Waals surface area (Å²) in [6.45, 7) is 2.54. The van der Waals surface area contributed by atoms with Gasteiger partial charge in [0.05, 0.1) is 12.7 Å². The number of nitrogens with one attached hydrogen (secondary N) is 1. The summed E-state index contributed by atoms with van der Waals surface area (Å²) in [5, 5.41) is 4.98. The molecule has 0 aliphatic carbocycles. The smallest absolute Gasteiger partial charge is 0.0738 e. The molecule has 0 amide bonds. The average molecular weight is 258 g/mol. The predicted molar refractivity (Wildman–Crippen MR) is 65.3 cm³/mol. The Hall–Kier alpha value is -0.280. The molecule has 0 aromatic heterocycles. The van der Waals surface area contributed by atoms with Gasteiger partial charge in [-0.1, -0.05) is 23.2 Å². The van der Waals surface area contributed by atoms with Crippen molar-refractivity contribution in [1.29, 1.82) is 0 Å². The van der Waals surface area contributed by atoms with E-state index in [0.29, 0.717) is 18.6 Å². The van der Waals surface area contributed by atoms with Crippen molar-refractivity contribution in [2.75, 3.05) is 13.1 Å². The minimum absolute atomic E-state index is 0.296. The van der Waals surface area contributed by atoms with Gasteiger partial charge < -0.3 is 10.1 Å². The standard InChI is InChI=1S/C12H13Cl2NO/c13-9-1-2-10(14)12-7-5-15-4-3-11(7)16-6-8(9)12/h1-2,7,11,15H,3-6H2/t7-,11-/m0/s1. The van der Waals surface area contributed by atoms with Crippen molar-refractivity contribution in [2.24, 2.45) is 0 Å². The van der Waals surface area contributed by atoms with Crippen molar-refractivity contribution in [1.82, 2.24) is 5.32 Å². The molecule has 0 bridgehead atoms. The molecule has 3 rings (SSSR count). The molecule has 1 saturated heterocycles. The summed E-state index contributed by atoms with van der Waals surface area (Å²) in [5.74, 6) is 0.351. The molecule has 0 radical (unpaired) electrons. The summed E-state index contributed by atoms with van der Waals surface area (Å²) in [7, 11) is 0. The van der Waals surface area contributed by atoms with Gasteiger partial charge in [-0.25, -0.2) is 0 Å². The fourth-order valence-corrected chi connectivity index (χ4v) is 3.21. The highest BCUT2D eigenvalue weighted by Gasteiger charge is 2.34. The highest BCUT2D eigenvalue weighted by molar-refractivity contribution is 6.34. The van der Waals surface area contributed by atoms with Crippen molar-refractivity contribution in [3.8, 4) is 0 Å². The Balaban J connectivity index is 2.10. The SMILES string of the molecule is Clc1ccc(Cl)c2c1CO[C@H]1CCNC[C@H]21. The zero-order valence-corrected chi connectivity index (χ0v) is 10.3. The lowest BCUT2D eigenvalue weighted by molar-refractivity contribution is -0.00671. The molecular weight excluding hydrogens is 245 g/mol. The highest BCUT2D eigenvalue weighted by atomic mass is 35.5. The third kappa shape index (κ3) is 1.65. The van der Waals surface area contributed by atoms with Gasteiger partial charge in [-0.05, 0) is 30.7 Å². The third-order valence-corrected chi connectivity index (χ3v) is 4.16. The highest BCUT2D eigenvalue weighted by Crippen LogP contribution is 2.41. The summed E-state index contributed by atoms with van der Waals surface area (Å²) in [5.41, 5.74) is 2.26. The van der Waals surface area contributed by atoms with Gasteiger partial charge in [0.2, 0.25) is 0 Å². The monoisotopic (exact) mass is 257 g/mol. The number of hydrogen-bond donors (Lipinski definition) is 1. The van der Waals surface area contributed by atoms with Crippen LogP contribution in [0.3, 0.4) is 0 Å². The van der Waals surface area contributed by atoms with Crippen molar-refractivity contribution in [3.63, 3.8) is 0 Å². The topological polar surface area (TPSA) is 21.3 Å². The second-order valence-electron chi connectivity index (χ2n) is 4.37. The first-order valence-electron chi connectivity index (χ1n) is 5.56. The van der Waals surface area contributed by atoms with Gasteiger partial charge in [0.1, 0.15) is 0 Å². The van der Waals surface area contributed by atoms with E-state index in [1.807, 2.05) is 12.1 Å². The van der Waals surface area contributed by atoms with Crippen LogP contribution in [0.5, 0.6) is 0 Å². The number of piperidine rings is 1. The zero-order valence-electron chi connectivity index (χ0n) is 8.80. The minimum Gasteiger partial charge on any atom is -0.373 e. The van der Waals surface area contributed by atoms with Gasteiger partial charge in [-0.15, -0.1) is 0 Å². The molecule has 1 aromatic rings. The van der Waals surface area contributed by atoms with Gasteiger partial charge in [0.15, 0.2) is 0 Å². The molecular formula is C12H13Cl2NO. The van der Waals surface area contributed by atoms with Crippen LogP contribution in [0.1, 0.15) is 23.5 Å². The van der Waals surface area contributed by atoms with Crippen LogP contribution >= 0.6 is 23.2 Å². The molecule has 16 heavy (non-hydrogen) atoms. The Morgan fingerprint density at radius 3 is 2.94 bits per heavy atom. The summed E-state index contributed by atoms with van der Waals surface area (Å²) in [6, 6.07) is 3.74. The molecule has 0 unspecified atom stereocenters. The molecule has 86 valence electrons. The molecule has 0 saturated carbocycles. The first-order chi connectivity index (χ1) is 7.77. The number of hydrogen-bond acceptors (Lipinski definition) is 2. The van der Waals surface area contributed by atoms with E-state index in [1.54, 1.807) is 0 Å². The van der Waals surface area contributed by atoms with E-state index in [9.17, 15) is 0 Å². The quantitative estimate of drug-likeness (QED) is 0.772. The molecule has 1 fully saturated rings. The van der Waals surface area contributed by atoms with Gasteiger partial charge in [0.25, 0.3) is 0 Å². The zero-order chi connectivity index (χ0) is 11.1. The van der Waals surface area contributed by atoms with Crippen LogP contribution in [0.2, 0.25) is 10.0 Å². The maximum absolute atomic E-state index is 6.29. The van der Waals surface area contributed by atoms with E-state index in [0.717, 1.165) is 35.1 Å². The van der Waals surface area contributed by atoms with Gasteiger partial charge in [-0.3, -0.25) is 0 Å².